The Morgan fingerprint density at radius 1 is 1.21 bits per heavy atom. The lowest BCUT2D eigenvalue weighted by molar-refractivity contribution is -0.0494. The normalized spacial score (nSPS) is 30.0. The summed E-state index contributed by atoms with van der Waals surface area (Å²) in [5.41, 5.74) is 8.09. The van der Waals surface area contributed by atoms with Crippen LogP contribution in [0.3, 0.4) is 0 Å². The number of alkyl halides is 3. The summed E-state index contributed by atoms with van der Waals surface area (Å²) < 4.78 is 51.3. The monoisotopic (exact) mass is 465 g/mol. The van der Waals surface area contributed by atoms with E-state index in [1.54, 1.807) is 0 Å². The second kappa shape index (κ2) is 8.79. The molecule has 3 aliphatic rings. The van der Waals surface area contributed by atoms with Gasteiger partial charge >= 0.3 is 6.61 Å². The predicted molar refractivity (Wildman–Crippen MR) is 117 cm³/mol. The second-order valence-electron chi connectivity index (χ2n) is 9.62. The highest BCUT2D eigenvalue weighted by Crippen LogP contribution is 2.64. The molecule has 0 bridgehead atoms. The van der Waals surface area contributed by atoms with Crippen LogP contribution in [-0.4, -0.2) is 64.8 Å². The van der Waals surface area contributed by atoms with Gasteiger partial charge in [0.05, 0.1) is 18.9 Å². The summed E-state index contributed by atoms with van der Waals surface area (Å²) in [4.78, 5) is 6.27. The molecule has 1 aliphatic heterocycles. The van der Waals surface area contributed by atoms with Gasteiger partial charge < -0.3 is 15.2 Å². The minimum absolute atomic E-state index is 0.0836. The van der Waals surface area contributed by atoms with E-state index in [-0.39, 0.29) is 24.2 Å². The number of rotatable bonds is 6. The zero-order valence-electron chi connectivity index (χ0n) is 18.8. The third-order valence-electron chi connectivity index (χ3n) is 7.18. The molecule has 2 saturated carbocycles. The number of hydrogen-bond acceptors (Lipinski definition) is 6. The molecule has 0 aromatic carbocycles. The minimum atomic E-state index is -2.98. The molecule has 5 rings (SSSR count). The lowest BCUT2D eigenvalue weighted by atomic mass is 10.0. The van der Waals surface area contributed by atoms with Gasteiger partial charge in [-0.25, -0.2) is 9.37 Å². The molecule has 2 N–H and O–H groups in total. The lowest BCUT2D eigenvalue weighted by Crippen LogP contribution is -2.39. The van der Waals surface area contributed by atoms with Crippen molar-refractivity contribution in [1.29, 1.82) is 0 Å². The van der Waals surface area contributed by atoms with Crippen LogP contribution in [0.1, 0.15) is 44.3 Å². The Bertz CT molecular complexity index is 988. The molecule has 3 unspecified atom stereocenters. The van der Waals surface area contributed by atoms with Crippen molar-refractivity contribution in [3.05, 3.63) is 24.0 Å². The van der Waals surface area contributed by atoms with E-state index in [1.165, 1.54) is 12.3 Å². The molecule has 2 aromatic rings. The van der Waals surface area contributed by atoms with Crippen LogP contribution in [0.4, 0.5) is 19.0 Å². The predicted octanol–water partition coefficient (Wildman–Crippen LogP) is 3.87. The van der Waals surface area contributed by atoms with E-state index in [0.29, 0.717) is 48.2 Å². The zero-order chi connectivity index (χ0) is 23.3. The van der Waals surface area contributed by atoms with Crippen LogP contribution < -0.4 is 10.5 Å². The van der Waals surface area contributed by atoms with Crippen LogP contribution in [-0.2, 0) is 4.74 Å². The number of nitrogens with two attached hydrogens (primary N) is 1. The maximum atomic E-state index is 14.0. The summed E-state index contributed by atoms with van der Waals surface area (Å²) in [5.74, 6) is 1.29. The average molecular weight is 466 g/mol. The maximum absolute atomic E-state index is 14.0. The fourth-order valence-corrected chi connectivity index (χ4v) is 5.67. The van der Waals surface area contributed by atoms with E-state index in [9.17, 15) is 13.2 Å². The van der Waals surface area contributed by atoms with Crippen LogP contribution in [0.5, 0.6) is 5.75 Å². The lowest BCUT2D eigenvalue weighted by Gasteiger charge is -2.29. The summed E-state index contributed by atoms with van der Waals surface area (Å²) in [6.45, 7) is 3.20. The van der Waals surface area contributed by atoms with Crippen LogP contribution in [0.2, 0.25) is 0 Å². The minimum Gasteiger partial charge on any atom is -0.431 e. The van der Waals surface area contributed by atoms with E-state index < -0.39 is 12.8 Å². The SMILES string of the molecule is CC(C)n1nc(-c2cnc(N)c(OC(F)F)c2)cc1C1[C@H]2CC(N3CCOCC(F)C3)C[C@@H]12. The first-order chi connectivity index (χ1) is 15.8. The molecule has 3 fully saturated rings. The molecule has 0 radical (unpaired) electrons. The molecule has 1 saturated heterocycles. The van der Waals surface area contributed by atoms with Gasteiger partial charge in [-0.05, 0) is 50.7 Å². The summed E-state index contributed by atoms with van der Waals surface area (Å²) in [6, 6.07) is 4.05. The topological polar surface area (TPSA) is 78.4 Å². The van der Waals surface area contributed by atoms with E-state index >= 15 is 0 Å². The summed E-state index contributed by atoms with van der Waals surface area (Å²) in [5, 5.41) is 4.77. The van der Waals surface area contributed by atoms with Crippen molar-refractivity contribution < 1.29 is 22.6 Å². The number of nitrogen functional groups attached to an aromatic ring is 1. The van der Waals surface area contributed by atoms with Gasteiger partial charge in [0.2, 0.25) is 0 Å². The Morgan fingerprint density at radius 3 is 2.67 bits per heavy atom. The van der Waals surface area contributed by atoms with E-state index in [0.717, 1.165) is 25.1 Å². The third-order valence-corrected chi connectivity index (χ3v) is 7.18. The Morgan fingerprint density at radius 2 is 1.97 bits per heavy atom. The molecule has 2 aliphatic carbocycles. The van der Waals surface area contributed by atoms with Crippen LogP contribution in [0.25, 0.3) is 11.3 Å². The highest BCUT2D eigenvalue weighted by molar-refractivity contribution is 5.64. The van der Waals surface area contributed by atoms with Gasteiger partial charge in [0.1, 0.15) is 6.17 Å². The molecule has 0 spiro atoms. The number of nitrogens with zero attached hydrogens (tertiary/aromatic N) is 4. The Hall–Kier alpha value is -2.33. The molecule has 0 amide bonds. The van der Waals surface area contributed by atoms with Crippen molar-refractivity contribution in [2.75, 3.05) is 32.0 Å². The number of halogens is 3. The summed E-state index contributed by atoms with van der Waals surface area (Å²) in [7, 11) is 0. The van der Waals surface area contributed by atoms with Gasteiger partial charge in [0.15, 0.2) is 11.6 Å². The third kappa shape index (κ3) is 4.42. The van der Waals surface area contributed by atoms with Gasteiger partial charge in [0, 0.05) is 48.5 Å². The van der Waals surface area contributed by atoms with E-state index in [4.69, 9.17) is 15.6 Å². The maximum Gasteiger partial charge on any atom is 0.387 e. The number of anilines is 1. The number of fused-ring (bicyclic) bond motifs is 1. The fourth-order valence-electron chi connectivity index (χ4n) is 5.67. The van der Waals surface area contributed by atoms with Crippen LogP contribution >= 0.6 is 0 Å². The van der Waals surface area contributed by atoms with E-state index in [1.807, 2.05) is 10.7 Å². The average Bonchev–Trinajstić information content (AvgIpc) is 3.10. The van der Waals surface area contributed by atoms with Crippen LogP contribution in [0, 0.1) is 11.8 Å². The second-order valence-corrected chi connectivity index (χ2v) is 9.62. The fraction of sp³-hybridized carbons (Fsp3) is 0.652. The van der Waals surface area contributed by atoms with Crippen molar-refractivity contribution in [2.45, 2.75) is 57.5 Å². The van der Waals surface area contributed by atoms with Gasteiger partial charge in [-0.15, -0.1) is 0 Å². The largest absolute Gasteiger partial charge is 0.431 e. The van der Waals surface area contributed by atoms with Crippen molar-refractivity contribution >= 4 is 5.82 Å². The number of ether oxygens (including phenoxy) is 2. The van der Waals surface area contributed by atoms with E-state index in [2.05, 4.69) is 28.5 Å². The molecular formula is C23H30F3N5O2. The molecule has 7 nitrogen and oxygen atoms in total. The quantitative estimate of drug-likeness (QED) is 0.698. The highest BCUT2D eigenvalue weighted by Gasteiger charge is 2.58. The molecule has 180 valence electrons. The zero-order valence-corrected chi connectivity index (χ0v) is 18.8. The number of pyridine rings is 1. The van der Waals surface area contributed by atoms with Crippen molar-refractivity contribution in [2.24, 2.45) is 11.8 Å². The number of aromatic nitrogens is 3. The Balaban J connectivity index is 1.34. The van der Waals surface area contributed by atoms with Gasteiger partial charge in [0.25, 0.3) is 0 Å². The van der Waals surface area contributed by atoms with Gasteiger partial charge in [-0.1, -0.05) is 0 Å². The first-order valence-electron chi connectivity index (χ1n) is 11.6. The van der Waals surface area contributed by atoms with Crippen molar-refractivity contribution in [3.8, 4) is 17.0 Å². The smallest absolute Gasteiger partial charge is 0.387 e. The molecule has 3 heterocycles. The summed E-state index contributed by atoms with van der Waals surface area (Å²) >= 11 is 0. The first kappa shape index (κ1) is 22.5. The molecule has 10 heteroatoms. The van der Waals surface area contributed by atoms with Crippen LogP contribution in [0.15, 0.2) is 18.3 Å². The van der Waals surface area contributed by atoms with Gasteiger partial charge in [-0.3, -0.25) is 9.58 Å². The van der Waals surface area contributed by atoms with Crippen molar-refractivity contribution in [1.82, 2.24) is 19.7 Å². The van der Waals surface area contributed by atoms with Crippen molar-refractivity contribution in [3.63, 3.8) is 0 Å². The Labute approximate surface area is 191 Å². The van der Waals surface area contributed by atoms with Gasteiger partial charge in [-0.2, -0.15) is 13.9 Å². The first-order valence-corrected chi connectivity index (χ1v) is 11.6. The number of hydrogen-bond donors (Lipinski definition) is 1. The highest BCUT2D eigenvalue weighted by atomic mass is 19.3. The molecular weight excluding hydrogens is 435 g/mol. The standard InChI is InChI=1S/C23H30F3N5O2/c1-12(2)31-19(8-18(29-31)13-5-20(33-23(25)26)22(27)28-9-13)21-16-6-15(7-17(16)21)30-3-4-32-11-14(24)10-30/h5,8-9,12,14-17,21,23H,3-4,6-7,10-11H2,1-2H3,(H2,27,28)/t14?,15?,16-,17+,21?. The Kier molecular flexibility index (Phi) is 5.98. The summed E-state index contributed by atoms with van der Waals surface area (Å²) in [6.07, 6.45) is 2.72. The molecule has 2 aromatic heterocycles. The molecule has 33 heavy (non-hydrogen) atoms. The molecule has 5 atom stereocenters.